The van der Waals surface area contributed by atoms with Crippen molar-refractivity contribution in [2.75, 3.05) is 0 Å². The Morgan fingerprint density at radius 1 is 0.727 bits per heavy atom. The van der Waals surface area contributed by atoms with E-state index in [-0.39, 0.29) is 0 Å². The molecule has 3 aromatic carbocycles. The Balaban J connectivity index is 1.90. The first-order chi connectivity index (χ1) is 10.7. The summed E-state index contributed by atoms with van der Waals surface area (Å²) in [5, 5.41) is 0. The molecular weight excluding hydrogens is 264 g/mol. The van der Waals surface area contributed by atoms with Gasteiger partial charge in [-0.3, -0.25) is 0 Å². The van der Waals surface area contributed by atoms with E-state index in [4.69, 9.17) is 0 Å². The lowest BCUT2D eigenvalue weighted by Crippen LogP contribution is -1.82. The van der Waals surface area contributed by atoms with Crippen LogP contribution in [0.25, 0.3) is 11.1 Å². The molecule has 0 bridgehead atoms. The molecule has 0 aliphatic carbocycles. The molecule has 0 saturated heterocycles. The van der Waals surface area contributed by atoms with E-state index < -0.39 is 0 Å². The molecule has 1 radical (unpaired) electrons. The van der Waals surface area contributed by atoms with Crippen molar-refractivity contribution in [3.05, 3.63) is 95.1 Å². The molecule has 0 amide bonds. The SMILES string of the molecule is Cc1ccc(C#Cc2[c]ccc(-c3cccc(C)c3)c2)cc1. The zero-order chi connectivity index (χ0) is 15.4. The summed E-state index contributed by atoms with van der Waals surface area (Å²) in [5.41, 5.74) is 6.85. The fraction of sp³-hybridized carbons (Fsp3) is 0.0909. The summed E-state index contributed by atoms with van der Waals surface area (Å²) in [6.07, 6.45) is 0. The van der Waals surface area contributed by atoms with Crippen molar-refractivity contribution in [3.8, 4) is 23.0 Å². The Morgan fingerprint density at radius 2 is 1.50 bits per heavy atom. The average molecular weight is 281 g/mol. The maximum absolute atomic E-state index is 3.20. The minimum absolute atomic E-state index is 0.916. The highest BCUT2D eigenvalue weighted by Crippen LogP contribution is 2.21. The van der Waals surface area contributed by atoms with Crippen LogP contribution in [0.1, 0.15) is 22.3 Å². The summed E-state index contributed by atoms with van der Waals surface area (Å²) in [6.45, 7) is 4.19. The third kappa shape index (κ3) is 3.45. The van der Waals surface area contributed by atoms with Gasteiger partial charge in [0.15, 0.2) is 0 Å². The number of hydrogen-bond acceptors (Lipinski definition) is 0. The number of benzene rings is 3. The van der Waals surface area contributed by atoms with Crippen molar-refractivity contribution in [1.29, 1.82) is 0 Å². The molecule has 3 aromatic rings. The molecule has 105 valence electrons. The van der Waals surface area contributed by atoms with Crippen LogP contribution < -0.4 is 0 Å². The molecule has 0 N–H and O–H groups in total. The summed E-state index contributed by atoms with van der Waals surface area (Å²) in [4.78, 5) is 0. The van der Waals surface area contributed by atoms with Gasteiger partial charge in [0.1, 0.15) is 0 Å². The van der Waals surface area contributed by atoms with Crippen LogP contribution in [0.15, 0.2) is 66.7 Å². The summed E-state index contributed by atoms with van der Waals surface area (Å²) >= 11 is 0. The third-order valence-electron chi connectivity index (χ3n) is 3.55. The van der Waals surface area contributed by atoms with Crippen LogP contribution in [-0.4, -0.2) is 0 Å². The van der Waals surface area contributed by atoms with Crippen molar-refractivity contribution in [1.82, 2.24) is 0 Å². The zero-order valence-electron chi connectivity index (χ0n) is 12.9. The average Bonchev–Trinajstić information content (AvgIpc) is 2.55. The lowest BCUT2D eigenvalue weighted by Gasteiger charge is -2.03. The molecule has 0 aliphatic heterocycles. The largest absolute Gasteiger partial charge is 0.0616 e. The lowest BCUT2D eigenvalue weighted by molar-refractivity contribution is 1.46. The Hall–Kier alpha value is -2.78. The minimum Gasteiger partial charge on any atom is -0.0616 e. The van der Waals surface area contributed by atoms with Gasteiger partial charge in [-0.1, -0.05) is 71.5 Å². The van der Waals surface area contributed by atoms with E-state index in [9.17, 15) is 0 Å². The van der Waals surface area contributed by atoms with Crippen LogP contribution in [0.4, 0.5) is 0 Å². The fourth-order valence-electron chi connectivity index (χ4n) is 2.32. The highest BCUT2D eigenvalue weighted by Gasteiger charge is 1.98. The van der Waals surface area contributed by atoms with Crippen molar-refractivity contribution < 1.29 is 0 Å². The highest BCUT2D eigenvalue weighted by atomic mass is 14.0. The maximum Gasteiger partial charge on any atom is 0.0334 e. The molecule has 0 fully saturated rings. The first kappa shape index (κ1) is 14.2. The molecule has 0 aliphatic rings. The monoisotopic (exact) mass is 281 g/mol. The van der Waals surface area contributed by atoms with E-state index in [2.05, 4.69) is 80.3 Å². The molecule has 0 spiro atoms. The molecule has 0 unspecified atom stereocenters. The maximum atomic E-state index is 3.20. The predicted molar refractivity (Wildman–Crippen MR) is 92.6 cm³/mol. The van der Waals surface area contributed by atoms with Gasteiger partial charge in [-0.15, -0.1) is 0 Å². The quantitative estimate of drug-likeness (QED) is 0.540. The van der Waals surface area contributed by atoms with E-state index in [0.717, 1.165) is 11.1 Å². The summed E-state index contributed by atoms with van der Waals surface area (Å²) < 4.78 is 0. The van der Waals surface area contributed by atoms with Crippen LogP contribution in [-0.2, 0) is 0 Å². The number of hydrogen-bond donors (Lipinski definition) is 0. The molecule has 3 rings (SSSR count). The molecular formula is C22H17. The van der Waals surface area contributed by atoms with Crippen molar-refractivity contribution >= 4 is 0 Å². The second-order valence-corrected chi connectivity index (χ2v) is 5.48. The second-order valence-electron chi connectivity index (χ2n) is 5.48. The molecule has 0 heteroatoms. The van der Waals surface area contributed by atoms with Crippen molar-refractivity contribution in [2.24, 2.45) is 0 Å². The number of rotatable bonds is 1. The van der Waals surface area contributed by atoms with E-state index in [0.29, 0.717) is 0 Å². The minimum atomic E-state index is 0.916. The van der Waals surface area contributed by atoms with Crippen LogP contribution >= 0.6 is 0 Å². The highest BCUT2D eigenvalue weighted by molar-refractivity contribution is 5.66. The van der Waals surface area contributed by atoms with Crippen LogP contribution in [0.3, 0.4) is 0 Å². The van der Waals surface area contributed by atoms with Crippen LogP contribution in [0.2, 0.25) is 0 Å². The summed E-state index contributed by atoms with van der Waals surface area (Å²) in [5.74, 6) is 6.40. The van der Waals surface area contributed by atoms with Gasteiger partial charge in [0, 0.05) is 11.1 Å². The van der Waals surface area contributed by atoms with Gasteiger partial charge in [0.05, 0.1) is 0 Å². The molecule has 0 saturated carbocycles. The first-order valence-corrected chi connectivity index (χ1v) is 7.38. The smallest absolute Gasteiger partial charge is 0.0334 e. The molecule has 0 heterocycles. The topological polar surface area (TPSA) is 0 Å². The second kappa shape index (κ2) is 6.33. The summed E-state index contributed by atoms with van der Waals surface area (Å²) in [6, 6.07) is 26.1. The summed E-state index contributed by atoms with van der Waals surface area (Å²) in [7, 11) is 0. The van der Waals surface area contributed by atoms with E-state index in [1.165, 1.54) is 22.3 Å². The third-order valence-corrected chi connectivity index (χ3v) is 3.55. The molecule has 0 atom stereocenters. The van der Waals surface area contributed by atoms with Gasteiger partial charge < -0.3 is 0 Å². The zero-order valence-corrected chi connectivity index (χ0v) is 12.9. The van der Waals surface area contributed by atoms with Gasteiger partial charge >= 0.3 is 0 Å². The van der Waals surface area contributed by atoms with Crippen molar-refractivity contribution in [3.63, 3.8) is 0 Å². The Morgan fingerprint density at radius 3 is 2.27 bits per heavy atom. The predicted octanol–water partition coefficient (Wildman–Crippen LogP) is 5.17. The van der Waals surface area contributed by atoms with E-state index in [1.807, 2.05) is 18.2 Å². The Kier molecular flexibility index (Phi) is 4.08. The van der Waals surface area contributed by atoms with Gasteiger partial charge in [0.25, 0.3) is 0 Å². The normalized spacial score (nSPS) is 9.91. The lowest BCUT2D eigenvalue weighted by atomic mass is 10.0. The molecule has 0 nitrogen and oxygen atoms in total. The fourth-order valence-corrected chi connectivity index (χ4v) is 2.32. The molecule has 22 heavy (non-hydrogen) atoms. The Labute approximate surface area is 132 Å². The number of aryl methyl sites for hydroxylation is 2. The van der Waals surface area contributed by atoms with Gasteiger partial charge in [-0.05, 0) is 49.2 Å². The molecule has 0 aromatic heterocycles. The van der Waals surface area contributed by atoms with Gasteiger partial charge in [-0.25, -0.2) is 0 Å². The van der Waals surface area contributed by atoms with Crippen molar-refractivity contribution in [2.45, 2.75) is 13.8 Å². The van der Waals surface area contributed by atoms with Crippen LogP contribution in [0, 0.1) is 31.8 Å². The van der Waals surface area contributed by atoms with Gasteiger partial charge in [-0.2, -0.15) is 0 Å². The standard InChI is InChI=1S/C22H17/c1-17-9-11-19(12-10-17)13-14-20-6-4-8-22(16-20)21-7-3-5-18(2)15-21/h3-5,7-12,15-16H,1-2H3. The van der Waals surface area contributed by atoms with Gasteiger partial charge in [0.2, 0.25) is 0 Å². The Bertz CT molecular complexity index is 843. The first-order valence-electron chi connectivity index (χ1n) is 7.38. The van der Waals surface area contributed by atoms with E-state index in [1.54, 1.807) is 0 Å². The van der Waals surface area contributed by atoms with E-state index >= 15 is 0 Å². The van der Waals surface area contributed by atoms with Crippen LogP contribution in [0.5, 0.6) is 0 Å².